The summed E-state index contributed by atoms with van der Waals surface area (Å²) in [5, 5.41) is 0. The van der Waals surface area contributed by atoms with Gasteiger partial charge >= 0.3 is 5.97 Å². The van der Waals surface area contributed by atoms with Gasteiger partial charge in [0, 0.05) is 10.5 Å². The Kier molecular flexibility index (Phi) is 6.37. The van der Waals surface area contributed by atoms with E-state index in [9.17, 15) is 4.79 Å². The first-order valence-corrected chi connectivity index (χ1v) is 9.71. The second-order valence-corrected chi connectivity index (χ2v) is 7.77. The molecule has 2 aromatic rings. The first kappa shape index (κ1) is 19.7. The van der Waals surface area contributed by atoms with Gasteiger partial charge in [-0.05, 0) is 47.6 Å². The molecule has 5 heteroatoms. The quantitative estimate of drug-likeness (QED) is 0.282. The molecule has 0 amide bonds. The molecule has 4 nitrogen and oxygen atoms in total. The zero-order valence-corrected chi connectivity index (χ0v) is 16.9. The van der Waals surface area contributed by atoms with Crippen molar-refractivity contribution in [3.63, 3.8) is 0 Å². The number of carbonyl (C=O) groups is 1. The van der Waals surface area contributed by atoms with Gasteiger partial charge in [-0.2, -0.15) is 4.33 Å². The standard InChI is InChI=1S/C22H24O4S/c1-14(2)11-16-5-7-17(8-6-16)21-19(13-25-22(21)23)18-9-10-20(15(3)12-18)27-26-24-4/h5-10,12,14H,11,13H2,1-4H3. The Morgan fingerprint density at radius 3 is 2.44 bits per heavy atom. The van der Waals surface area contributed by atoms with Crippen LogP contribution in [0.2, 0.25) is 0 Å². The van der Waals surface area contributed by atoms with Gasteiger partial charge in [-0.15, -0.1) is 0 Å². The van der Waals surface area contributed by atoms with Gasteiger partial charge in [0.15, 0.2) is 0 Å². The molecule has 0 atom stereocenters. The van der Waals surface area contributed by atoms with E-state index >= 15 is 0 Å². The molecule has 1 aliphatic rings. The summed E-state index contributed by atoms with van der Waals surface area (Å²) in [5.41, 5.74) is 5.79. The number of hydrogen-bond donors (Lipinski definition) is 0. The fourth-order valence-electron chi connectivity index (χ4n) is 3.21. The fraction of sp³-hybridized carbons (Fsp3) is 0.318. The maximum Gasteiger partial charge on any atom is 0.339 e. The molecular weight excluding hydrogens is 360 g/mol. The summed E-state index contributed by atoms with van der Waals surface area (Å²) in [7, 11) is 1.47. The summed E-state index contributed by atoms with van der Waals surface area (Å²) in [6.45, 7) is 6.70. The lowest BCUT2D eigenvalue weighted by Gasteiger charge is -2.10. The number of carbonyl (C=O) groups excluding carboxylic acids is 1. The number of benzene rings is 2. The highest BCUT2D eigenvalue weighted by molar-refractivity contribution is 7.94. The topological polar surface area (TPSA) is 44.8 Å². The Morgan fingerprint density at radius 2 is 1.81 bits per heavy atom. The van der Waals surface area contributed by atoms with Crippen LogP contribution in [0, 0.1) is 12.8 Å². The number of hydrogen-bond acceptors (Lipinski definition) is 5. The predicted octanol–water partition coefficient (Wildman–Crippen LogP) is 5.25. The molecule has 0 radical (unpaired) electrons. The Morgan fingerprint density at radius 1 is 1.11 bits per heavy atom. The van der Waals surface area contributed by atoms with E-state index in [0.717, 1.165) is 33.6 Å². The highest BCUT2D eigenvalue weighted by Gasteiger charge is 2.27. The van der Waals surface area contributed by atoms with Crippen LogP contribution in [0.3, 0.4) is 0 Å². The van der Waals surface area contributed by atoms with E-state index < -0.39 is 0 Å². The van der Waals surface area contributed by atoms with Gasteiger partial charge in [0.2, 0.25) is 0 Å². The van der Waals surface area contributed by atoms with Gasteiger partial charge in [-0.3, -0.25) is 0 Å². The highest BCUT2D eigenvalue weighted by Crippen LogP contribution is 2.35. The van der Waals surface area contributed by atoms with E-state index in [1.54, 1.807) is 0 Å². The number of rotatable bonds is 7. The Labute approximate surface area is 164 Å². The Balaban J connectivity index is 1.94. The summed E-state index contributed by atoms with van der Waals surface area (Å²) in [5.74, 6) is 0.337. The maximum absolute atomic E-state index is 12.4. The van der Waals surface area contributed by atoms with Crippen molar-refractivity contribution in [1.29, 1.82) is 0 Å². The van der Waals surface area contributed by atoms with Crippen molar-refractivity contribution in [2.24, 2.45) is 5.92 Å². The summed E-state index contributed by atoms with van der Waals surface area (Å²) < 4.78 is 10.3. The minimum atomic E-state index is -0.263. The van der Waals surface area contributed by atoms with Crippen LogP contribution < -0.4 is 0 Å². The van der Waals surface area contributed by atoms with Crippen molar-refractivity contribution in [1.82, 2.24) is 0 Å². The summed E-state index contributed by atoms with van der Waals surface area (Å²) in [4.78, 5) is 18.0. The normalized spacial score (nSPS) is 14.2. The van der Waals surface area contributed by atoms with Crippen LogP contribution in [-0.2, 0) is 25.2 Å². The second kappa shape index (κ2) is 8.74. The van der Waals surface area contributed by atoms with Gasteiger partial charge in [-0.25, -0.2) is 9.68 Å². The van der Waals surface area contributed by atoms with E-state index in [0.29, 0.717) is 18.1 Å². The molecule has 0 saturated heterocycles. The summed E-state index contributed by atoms with van der Waals surface area (Å²) in [6.07, 6.45) is 1.03. The fourth-order valence-corrected chi connectivity index (χ4v) is 3.66. The van der Waals surface area contributed by atoms with E-state index in [4.69, 9.17) is 9.07 Å². The minimum absolute atomic E-state index is 0.263. The average Bonchev–Trinajstić information content (AvgIpc) is 3.02. The number of ether oxygens (including phenoxy) is 1. The zero-order chi connectivity index (χ0) is 19.4. The van der Waals surface area contributed by atoms with Gasteiger partial charge < -0.3 is 4.74 Å². The lowest BCUT2D eigenvalue weighted by Crippen LogP contribution is -1.99. The van der Waals surface area contributed by atoms with Crippen molar-refractivity contribution in [3.05, 3.63) is 64.7 Å². The van der Waals surface area contributed by atoms with Crippen LogP contribution in [0.15, 0.2) is 47.4 Å². The van der Waals surface area contributed by atoms with Gasteiger partial charge in [0.1, 0.15) is 6.61 Å². The number of esters is 1. The first-order chi connectivity index (χ1) is 13.0. The summed E-state index contributed by atoms with van der Waals surface area (Å²) >= 11 is 1.17. The molecule has 1 aliphatic heterocycles. The number of cyclic esters (lactones) is 1. The van der Waals surface area contributed by atoms with E-state index in [1.165, 1.54) is 24.7 Å². The van der Waals surface area contributed by atoms with Gasteiger partial charge in [-0.1, -0.05) is 50.2 Å². The predicted molar refractivity (Wildman–Crippen MR) is 108 cm³/mol. The zero-order valence-electron chi connectivity index (χ0n) is 16.1. The second-order valence-electron chi connectivity index (χ2n) is 7.02. The lowest BCUT2D eigenvalue weighted by molar-refractivity contribution is -0.160. The molecule has 0 N–H and O–H groups in total. The highest BCUT2D eigenvalue weighted by atomic mass is 32.2. The van der Waals surface area contributed by atoms with Gasteiger partial charge in [0.05, 0.1) is 24.7 Å². The third-order valence-electron chi connectivity index (χ3n) is 4.46. The van der Waals surface area contributed by atoms with Crippen LogP contribution in [-0.4, -0.2) is 19.7 Å². The van der Waals surface area contributed by atoms with Crippen LogP contribution in [0.25, 0.3) is 11.1 Å². The molecule has 142 valence electrons. The molecule has 27 heavy (non-hydrogen) atoms. The lowest BCUT2D eigenvalue weighted by atomic mass is 9.94. The van der Waals surface area contributed by atoms with Crippen LogP contribution >= 0.6 is 12.0 Å². The SMILES string of the molecule is COOSc1ccc(C2=C(c3ccc(CC(C)C)cc3)C(=O)OC2)cc1C. The molecule has 2 aromatic carbocycles. The minimum Gasteiger partial charge on any atom is -0.457 e. The molecule has 0 fully saturated rings. The number of aryl methyl sites for hydroxylation is 1. The molecule has 1 heterocycles. The smallest absolute Gasteiger partial charge is 0.339 e. The van der Waals surface area contributed by atoms with E-state index in [1.807, 2.05) is 37.3 Å². The van der Waals surface area contributed by atoms with Crippen molar-refractivity contribution in [2.75, 3.05) is 13.7 Å². The molecular formula is C22H24O4S. The molecule has 0 bridgehead atoms. The summed E-state index contributed by atoms with van der Waals surface area (Å²) in [6, 6.07) is 14.2. The van der Waals surface area contributed by atoms with Crippen molar-refractivity contribution >= 4 is 29.2 Å². The molecule has 3 rings (SSSR count). The monoisotopic (exact) mass is 384 g/mol. The average molecular weight is 384 g/mol. The van der Waals surface area contributed by atoms with Crippen LogP contribution in [0.4, 0.5) is 0 Å². The molecule has 0 aromatic heterocycles. The van der Waals surface area contributed by atoms with Crippen LogP contribution in [0.5, 0.6) is 0 Å². The Bertz CT molecular complexity index is 853. The van der Waals surface area contributed by atoms with Gasteiger partial charge in [0.25, 0.3) is 0 Å². The van der Waals surface area contributed by atoms with E-state index in [2.05, 4.69) is 30.9 Å². The van der Waals surface area contributed by atoms with Crippen molar-refractivity contribution in [3.8, 4) is 0 Å². The maximum atomic E-state index is 12.4. The third-order valence-corrected chi connectivity index (χ3v) is 5.30. The largest absolute Gasteiger partial charge is 0.457 e. The van der Waals surface area contributed by atoms with Crippen molar-refractivity contribution < 1.29 is 18.8 Å². The Hall–Kier alpha value is -2.08. The molecule has 0 aliphatic carbocycles. The molecule has 0 spiro atoms. The third kappa shape index (κ3) is 4.61. The molecule has 0 unspecified atom stereocenters. The van der Waals surface area contributed by atoms with Crippen LogP contribution in [0.1, 0.15) is 36.1 Å². The first-order valence-electron chi connectivity index (χ1n) is 8.97. The van der Waals surface area contributed by atoms with E-state index in [-0.39, 0.29) is 5.97 Å². The van der Waals surface area contributed by atoms with Crippen molar-refractivity contribution in [2.45, 2.75) is 32.1 Å². The molecule has 0 saturated carbocycles.